The van der Waals surface area contributed by atoms with E-state index in [1.807, 2.05) is 36.4 Å². The number of carbonyl (C=O) groups is 1. The van der Waals surface area contributed by atoms with Gasteiger partial charge in [-0.3, -0.25) is 14.5 Å². The maximum atomic E-state index is 13.6. The van der Waals surface area contributed by atoms with Crippen molar-refractivity contribution in [3.63, 3.8) is 0 Å². The highest BCUT2D eigenvalue weighted by Crippen LogP contribution is 2.43. The molecule has 1 aliphatic rings. The molecular formula is C24H13ClN2O3S. The first-order valence-corrected chi connectivity index (χ1v) is 10.8. The molecule has 2 aromatic heterocycles. The van der Waals surface area contributed by atoms with Crippen LogP contribution in [0.1, 0.15) is 27.7 Å². The number of amides is 1. The fraction of sp³-hybridized carbons (Fsp3) is 0.0417. The minimum Gasteiger partial charge on any atom is -0.450 e. The number of halogens is 1. The number of nitrogens with zero attached hydrogens (tertiary/aromatic N) is 2. The molecule has 0 fully saturated rings. The Morgan fingerprint density at radius 1 is 0.935 bits per heavy atom. The van der Waals surface area contributed by atoms with Crippen molar-refractivity contribution in [2.24, 2.45) is 0 Å². The van der Waals surface area contributed by atoms with Crippen molar-refractivity contribution in [3.8, 4) is 0 Å². The van der Waals surface area contributed by atoms with Gasteiger partial charge >= 0.3 is 0 Å². The molecule has 150 valence electrons. The van der Waals surface area contributed by atoms with Crippen LogP contribution >= 0.6 is 22.9 Å². The molecule has 1 unspecified atom stereocenters. The first-order chi connectivity index (χ1) is 15.1. The molecule has 0 bridgehead atoms. The van der Waals surface area contributed by atoms with Gasteiger partial charge in [0, 0.05) is 5.02 Å². The van der Waals surface area contributed by atoms with Gasteiger partial charge in [0.15, 0.2) is 10.6 Å². The Morgan fingerprint density at radius 3 is 2.48 bits per heavy atom. The smallest absolute Gasteiger partial charge is 0.297 e. The summed E-state index contributed by atoms with van der Waals surface area (Å²) in [5, 5.41) is 1.53. The second kappa shape index (κ2) is 6.77. The highest BCUT2D eigenvalue weighted by atomic mass is 35.5. The van der Waals surface area contributed by atoms with Crippen LogP contribution in [0, 0.1) is 0 Å². The number of anilines is 1. The molecule has 31 heavy (non-hydrogen) atoms. The summed E-state index contributed by atoms with van der Waals surface area (Å²) in [5.74, 6) is -0.320. The van der Waals surface area contributed by atoms with Crippen molar-refractivity contribution in [3.05, 3.63) is 105 Å². The second-order valence-electron chi connectivity index (χ2n) is 7.26. The molecule has 1 amide bonds. The van der Waals surface area contributed by atoms with Gasteiger partial charge in [0.2, 0.25) is 5.76 Å². The van der Waals surface area contributed by atoms with E-state index in [1.54, 1.807) is 41.3 Å². The Balaban J connectivity index is 1.65. The molecule has 1 aliphatic heterocycles. The number of fused-ring (bicyclic) bond motifs is 3. The minimum absolute atomic E-state index is 0.0582. The van der Waals surface area contributed by atoms with Gasteiger partial charge in [0.25, 0.3) is 5.91 Å². The van der Waals surface area contributed by atoms with E-state index in [1.165, 1.54) is 11.3 Å². The SMILES string of the molecule is O=C1c2oc3ccccc3c(=O)c2C(c2ccc(Cl)cc2)N1c1nc2ccccc2s1. The third-order valence-corrected chi connectivity index (χ3v) is 6.74. The van der Waals surface area contributed by atoms with E-state index >= 15 is 0 Å². The van der Waals surface area contributed by atoms with Gasteiger partial charge in [0.05, 0.1) is 27.2 Å². The zero-order valence-electron chi connectivity index (χ0n) is 15.9. The summed E-state index contributed by atoms with van der Waals surface area (Å²) < 4.78 is 6.92. The lowest BCUT2D eigenvalue weighted by Crippen LogP contribution is -2.29. The Kier molecular flexibility index (Phi) is 4.00. The molecule has 7 heteroatoms. The minimum atomic E-state index is -0.652. The number of hydrogen-bond donors (Lipinski definition) is 0. The molecule has 0 saturated carbocycles. The van der Waals surface area contributed by atoms with Crippen LogP contribution in [-0.2, 0) is 0 Å². The largest absolute Gasteiger partial charge is 0.450 e. The van der Waals surface area contributed by atoms with Crippen LogP contribution in [0.25, 0.3) is 21.2 Å². The second-order valence-corrected chi connectivity index (χ2v) is 8.71. The van der Waals surface area contributed by atoms with Crippen LogP contribution in [0.4, 0.5) is 5.13 Å². The first kappa shape index (κ1) is 18.3. The van der Waals surface area contributed by atoms with Crippen molar-refractivity contribution < 1.29 is 9.21 Å². The number of hydrogen-bond acceptors (Lipinski definition) is 5. The molecule has 0 radical (unpaired) electrons. The van der Waals surface area contributed by atoms with E-state index in [0.717, 1.165) is 15.8 Å². The van der Waals surface area contributed by atoms with Crippen LogP contribution in [-0.4, -0.2) is 10.9 Å². The summed E-state index contributed by atoms with van der Waals surface area (Å²) in [6, 6.07) is 21.2. The zero-order valence-corrected chi connectivity index (χ0v) is 17.5. The molecule has 5 aromatic rings. The lowest BCUT2D eigenvalue weighted by atomic mass is 9.99. The quantitative estimate of drug-likeness (QED) is 0.345. The molecule has 0 spiro atoms. The highest BCUT2D eigenvalue weighted by Gasteiger charge is 2.44. The van der Waals surface area contributed by atoms with Crippen molar-refractivity contribution >= 4 is 55.2 Å². The summed E-state index contributed by atoms with van der Waals surface area (Å²) in [5.41, 5.74) is 2.06. The van der Waals surface area contributed by atoms with Crippen LogP contribution in [0.2, 0.25) is 5.02 Å². The predicted molar refractivity (Wildman–Crippen MR) is 122 cm³/mol. The molecule has 0 saturated heterocycles. The number of aromatic nitrogens is 1. The summed E-state index contributed by atoms with van der Waals surface area (Å²) in [7, 11) is 0. The molecule has 0 N–H and O–H groups in total. The fourth-order valence-corrected chi connectivity index (χ4v) is 5.16. The Bertz CT molecular complexity index is 1520. The number of thiazole rings is 1. The number of para-hydroxylation sites is 2. The first-order valence-electron chi connectivity index (χ1n) is 9.62. The van der Waals surface area contributed by atoms with Gasteiger partial charge in [-0.05, 0) is 42.0 Å². The van der Waals surface area contributed by atoms with Crippen molar-refractivity contribution in [1.29, 1.82) is 0 Å². The van der Waals surface area contributed by atoms with Gasteiger partial charge in [-0.1, -0.05) is 59.3 Å². The highest BCUT2D eigenvalue weighted by molar-refractivity contribution is 7.22. The van der Waals surface area contributed by atoms with Gasteiger partial charge in [-0.15, -0.1) is 0 Å². The Labute approximate surface area is 185 Å². The normalized spacial score (nSPS) is 15.7. The van der Waals surface area contributed by atoms with Crippen molar-refractivity contribution in [1.82, 2.24) is 4.98 Å². The van der Waals surface area contributed by atoms with Gasteiger partial charge in [-0.2, -0.15) is 0 Å². The number of benzene rings is 3. The average molecular weight is 445 g/mol. The molecule has 6 rings (SSSR count). The lowest BCUT2D eigenvalue weighted by molar-refractivity contribution is 0.0971. The topological polar surface area (TPSA) is 63.4 Å². The van der Waals surface area contributed by atoms with Crippen LogP contribution < -0.4 is 10.3 Å². The van der Waals surface area contributed by atoms with E-state index in [0.29, 0.717) is 26.7 Å². The Hall–Kier alpha value is -3.48. The monoisotopic (exact) mass is 444 g/mol. The van der Waals surface area contributed by atoms with E-state index in [2.05, 4.69) is 4.98 Å². The van der Waals surface area contributed by atoms with Crippen LogP contribution in [0.3, 0.4) is 0 Å². The molecule has 3 heterocycles. The summed E-state index contributed by atoms with van der Waals surface area (Å²) in [6.45, 7) is 0. The van der Waals surface area contributed by atoms with E-state index < -0.39 is 6.04 Å². The van der Waals surface area contributed by atoms with Crippen molar-refractivity contribution in [2.45, 2.75) is 6.04 Å². The fourth-order valence-electron chi connectivity index (χ4n) is 4.04. The third-order valence-electron chi connectivity index (χ3n) is 5.45. The third kappa shape index (κ3) is 2.72. The maximum absolute atomic E-state index is 13.6. The van der Waals surface area contributed by atoms with E-state index in [4.69, 9.17) is 16.0 Å². The number of carbonyl (C=O) groups excluding carboxylic acids is 1. The van der Waals surface area contributed by atoms with Gasteiger partial charge in [0.1, 0.15) is 5.58 Å². The summed E-state index contributed by atoms with van der Waals surface area (Å²) in [4.78, 5) is 33.3. The van der Waals surface area contributed by atoms with Crippen molar-refractivity contribution in [2.75, 3.05) is 4.90 Å². The van der Waals surface area contributed by atoms with E-state index in [9.17, 15) is 9.59 Å². The molecule has 5 nitrogen and oxygen atoms in total. The predicted octanol–water partition coefficient (Wildman–Crippen LogP) is 5.81. The maximum Gasteiger partial charge on any atom is 0.297 e. The molecule has 1 atom stereocenters. The molecule has 3 aromatic carbocycles. The Morgan fingerprint density at radius 2 is 1.68 bits per heavy atom. The zero-order chi connectivity index (χ0) is 21.1. The molecular weight excluding hydrogens is 432 g/mol. The van der Waals surface area contributed by atoms with E-state index in [-0.39, 0.29) is 17.1 Å². The lowest BCUT2D eigenvalue weighted by Gasteiger charge is -2.22. The van der Waals surface area contributed by atoms with Crippen LogP contribution in [0.5, 0.6) is 0 Å². The number of rotatable bonds is 2. The summed E-state index contributed by atoms with van der Waals surface area (Å²) in [6.07, 6.45) is 0. The average Bonchev–Trinajstić information content (AvgIpc) is 3.33. The van der Waals surface area contributed by atoms with Gasteiger partial charge in [-0.25, -0.2) is 4.98 Å². The molecule has 0 aliphatic carbocycles. The van der Waals surface area contributed by atoms with Crippen LogP contribution in [0.15, 0.2) is 82.0 Å². The summed E-state index contributed by atoms with van der Waals surface area (Å²) >= 11 is 7.50. The van der Waals surface area contributed by atoms with Gasteiger partial charge < -0.3 is 4.42 Å². The standard InChI is InChI=1S/C24H13ClN2O3S/c25-14-11-9-13(10-12-14)20-19-21(28)15-5-1-3-7-17(15)30-22(19)23(29)27(20)24-26-16-6-2-4-8-18(16)31-24/h1-12,20H.